The molecule has 1 saturated heterocycles. The summed E-state index contributed by atoms with van der Waals surface area (Å²) in [7, 11) is 1.51. The van der Waals surface area contributed by atoms with Crippen LogP contribution in [0.1, 0.15) is 17.5 Å². The van der Waals surface area contributed by atoms with E-state index in [9.17, 15) is 9.59 Å². The van der Waals surface area contributed by atoms with Gasteiger partial charge in [0.25, 0.3) is 5.91 Å². The Morgan fingerprint density at radius 1 is 1.10 bits per heavy atom. The van der Waals surface area contributed by atoms with Crippen LogP contribution in [0.5, 0.6) is 0 Å². The quantitative estimate of drug-likeness (QED) is 0.212. The molecule has 3 heterocycles. The average molecular weight is 636 g/mol. The molecule has 5 rings (SSSR count). The van der Waals surface area contributed by atoms with Gasteiger partial charge >= 0.3 is 6.16 Å². The number of nitrogens with zero attached hydrogens (tertiary/aromatic N) is 1. The second kappa shape index (κ2) is 13.5. The van der Waals surface area contributed by atoms with E-state index in [1.165, 1.54) is 18.4 Å². The predicted octanol–water partition coefficient (Wildman–Crippen LogP) is 6.46. The number of carbonyl (C=O) groups excluding carboxylic acids is 2. The highest BCUT2D eigenvalue weighted by molar-refractivity contribution is 8.04. The second-order valence-electron chi connectivity index (χ2n) is 9.32. The van der Waals surface area contributed by atoms with Gasteiger partial charge in [-0.1, -0.05) is 47.1 Å². The summed E-state index contributed by atoms with van der Waals surface area (Å²) in [4.78, 5) is 29.6. The van der Waals surface area contributed by atoms with Crippen molar-refractivity contribution in [3.05, 3.63) is 91.1 Å². The molecule has 1 unspecified atom stereocenters. The maximum absolute atomic E-state index is 13.9. The van der Waals surface area contributed by atoms with Gasteiger partial charge in [-0.15, -0.1) is 0 Å². The van der Waals surface area contributed by atoms with Crippen molar-refractivity contribution < 1.29 is 28.5 Å². The maximum atomic E-state index is 13.9. The normalized spacial score (nSPS) is 19.2. The van der Waals surface area contributed by atoms with E-state index in [-0.39, 0.29) is 30.3 Å². The lowest BCUT2D eigenvalue weighted by Crippen LogP contribution is -2.50. The molecule has 1 fully saturated rings. The van der Waals surface area contributed by atoms with Gasteiger partial charge in [0, 0.05) is 42.2 Å². The Morgan fingerprint density at radius 2 is 1.88 bits per heavy atom. The minimum Gasteiger partial charge on any atom is -0.432 e. The Balaban J connectivity index is 1.54. The highest BCUT2D eigenvalue weighted by atomic mass is 35.5. The number of methoxy groups -OCH3 is 1. The number of thiophene rings is 1. The number of thioether (sulfide) groups is 1. The number of carbonyl (C=O) groups is 2. The molecule has 2 aliphatic rings. The fourth-order valence-corrected chi connectivity index (χ4v) is 6.88. The van der Waals surface area contributed by atoms with Gasteiger partial charge in [0.05, 0.1) is 30.4 Å². The molecule has 12 heteroatoms. The summed E-state index contributed by atoms with van der Waals surface area (Å²) in [5.74, 6) is -0.249. The summed E-state index contributed by atoms with van der Waals surface area (Å²) in [6, 6.07) is 15.0. The zero-order valence-electron chi connectivity index (χ0n) is 22.2. The number of hydrogen-bond acceptors (Lipinski definition) is 9. The minimum atomic E-state index is -0.995. The molecular weight excluding hydrogens is 607 g/mol. The van der Waals surface area contributed by atoms with Crippen molar-refractivity contribution >= 4 is 64.1 Å². The Bertz CT molecular complexity index is 1410. The standard InChI is InChI=1S/C29H28Cl2N2O6S2/c1-36-13-14-38-28(35)39-24-17-29(20-8-15-40-18-20,19-2-5-22(6-3-19)33-9-11-37-12-10-33)32-27(34)26(24)41-25-16-21(30)4-7-23(25)31/h2-8,15-16,18H,9-14,17H2,1H3,(H,32,34). The van der Waals surface area contributed by atoms with Gasteiger partial charge in [0.15, 0.2) is 0 Å². The SMILES string of the molecule is COCCOC(=O)OC1=C(Sc2cc(Cl)ccc2Cl)C(=O)NC(c2ccc(N3CCOCC3)cc2)(c2ccsc2)C1. The molecule has 0 aliphatic carbocycles. The molecule has 8 nitrogen and oxygen atoms in total. The summed E-state index contributed by atoms with van der Waals surface area (Å²) < 4.78 is 21.4. The van der Waals surface area contributed by atoms with Gasteiger partial charge in [0.1, 0.15) is 17.3 Å². The minimum absolute atomic E-state index is 0.0100. The van der Waals surface area contributed by atoms with Crippen molar-refractivity contribution in [1.29, 1.82) is 0 Å². The van der Waals surface area contributed by atoms with Crippen molar-refractivity contribution in [2.24, 2.45) is 0 Å². The third-order valence-corrected chi connectivity index (χ3v) is 9.32. The molecule has 1 aromatic heterocycles. The molecule has 0 radical (unpaired) electrons. The summed E-state index contributed by atoms with van der Waals surface area (Å²) in [6.45, 7) is 3.20. The van der Waals surface area contributed by atoms with Gasteiger partial charge in [-0.3, -0.25) is 4.79 Å². The monoisotopic (exact) mass is 634 g/mol. The Kier molecular flexibility index (Phi) is 9.79. The number of ether oxygens (including phenoxy) is 4. The van der Waals surface area contributed by atoms with Crippen molar-refractivity contribution in [3.63, 3.8) is 0 Å². The first-order valence-corrected chi connectivity index (χ1v) is 15.4. The number of anilines is 1. The number of nitrogens with one attached hydrogen (secondary N) is 1. The van der Waals surface area contributed by atoms with E-state index in [2.05, 4.69) is 10.2 Å². The zero-order chi connectivity index (χ0) is 28.8. The number of halogens is 2. The molecule has 2 aliphatic heterocycles. The molecule has 1 N–H and O–H groups in total. The zero-order valence-corrected chi connectivity index (χ0v) is 25.3. The third kappa shape index (κ3) is 6.85. The van der Waals surface area contributed by atoms with Gasteiger partial charge in [-0.2, -0.15) is 11.3 Å². The molecule has 1 atom stereocenters. The number of benzene rings is 2. The smallest absolute Gasteiger partial charge is 0.432 e. The number of hydrogen-bond donors (Lipinski definition) is 1. The van der Waals surface area contributed by atoms with E-state index >= 15 is 0 Å². The number of amides is 1. The van der Waals surface area contributed by atoms with E-state index in [1.807, 2.05) is 41.1 Å². The lowest BCUT2D eigenvalue weighted by Gasteiger charge is -2.39. The van der Waals surface area contributed by atoms with Gasteiger partial charge in [-0.05, 0) is 58.3 Å². The van der Waals surface area contributed by atoms with E-state index < -0.39 is 17.6 Å². The molecule has 41 heavy (non-hydrogen) atoms. The van der Waals surface area contributed by atoms with E-state index in [0.717, 1.165) is 41.7 Å². The van der Waals surface area contributed by atoms with Crippen LogP contribution in [0.2, 0.25) is 10.0 Å². The van der Waals surface area contributed by atoms with E-state index in [0.29, 0.717) is 28.2 Å². The van der Waals surface area contributed by atoms with Gasteiger partial charge < -0.3 is 29.2 Å². The Hall–Kier alpha value is -2.73. The van der Waals surface area contributed by atoms with Crippen LogP contribution in [0.4, 0.5) is 10.5 Å². The molecular formula is C29H28Cl2N2O6S2. The molecule has 1 amide bonds. The van der Waals surface area contributed by atoms with Crippen LogP contribution >= 0.6 is 46.3 Å². The molecule has 3 aromatic rings. The van der Waals surface area contributed by atoms with Crippen LogP contribution in [-0.4, -0.2) is 58.7 Å². The molecule has 0 bridgehead atoms. The second-order valence-corrected chi connectivity index (χ2v) is 12.0. The lowest BCUT2D eigenvalue weighted by molar-refractivity contribution is -0.119. The summed E-state index contributed by atoms with van der Waals surface area (Å²) in [6.07, 6.45) is -0.768. The van der Waals surface area contributed by atoms with Crippen LogP contribution in [0.25, 0.3) is 0 Å². The predicted molar refractivity (Wildman–Crippen MR) is 161 cm³/mol. The number of rotatable bonds is 9. The van der Waals surface area contributed by atoms with E-state index in [4.69, 9.17) is 42.1 Å². The summed E-state index contributed by atoms with van der Waals surface area (Å²) in [5, 5.41) is 8.04. The lowest BCUT2D eigenvalue weighted by atomic mass is 9.79. The topological polar surface area (TPSA) is 86.3 Å². The molecule has 0 saturated carbocycles. The Morgan fingerprint density at radius 3 is 2.59 bits per heavy atom. The largest absolute Gasteiger partial charge is 0.513 e. The van der Waals surface area contributed by atoms with Crippen LogP contribution in [0.15, 0.2) is 74.9 Å². The Labute approximate surface area is 256 Å². The van der Waals surface area contributed by atoms with Crippen LogP contribution in [0.3, 0.4) is 0 Å². The highest BCUT2D eigenvalue weighted by Gasteiger charge is 2.44. The average Bonchev–Trinajstić information content (AvgIpc) is 3.53. The van der Waals surface area contributed by atoms with Crippen molar-refractivity contribution in [2.75, 3.05) is 51.5 Å². The summed E-state index contributed by atoms with van der Waals surface area (Å²) >= 11 is 15.2. The molecule has 0 spiro atoms. The maximum Gasteiger partial charge on any atom is 0.513 e. The first-order chi connectivity index (χ1) is 19.9. The summed E-state index contributed by atoms with van der Waals surface area (Å²) in [5.41, 5.74) is 1.79. The van der Waals surface area contributed by atoms with Crippen molar-refractivity contribution in [1.82, 2.24) is 5.32 Å². The molecule has 216 valence electrons. The number of morpholine rings is 1. The van der Waals surface area contributed by atoms with Gasteiger partial charge in [0.2, 0.25) is 0 Å². The van der Waals surface area contributed by atoms with Crippen molar-refractivity contribution in [3.8, 4) is 0 Å². The van der Waals surface area contributed by atoms with Crippen molar-refractivity contribution in [2.45, 2.75) is 16.9 Å². The fourth-order valence-electron chi connectivity index (χ4n) is 4.73. The molecule has 2 aromatic carbocycles. The first-order valence-electron chi connectivity index (χ1n) is 12.9. The first kappa shape index (κ1) is 29.8. The van der Waals surface area contributed by atoms with Gasteiger partial charge in [-0.25, -0.2) is 4.79 Å². The van der Waals surface area contributed by atoms with Crippen LogP contribution < -0.4 is 10.2 Å². The van der Waals surface area contributed by atoms with E-state index in [1.54, 1.807) is 18.2 Å². The van der Waals surface area contributed by atoms with Crippen LogP contribution in [-0.2, 0) is 29.3 Å². The van der Waals surface area contributed by atoms with Crippen LogP contribution in [0, 0.1) is 0 Å². The third-order valence-electron chi connectivity index (χ3n) is 6.78. The highest BCUT2D eigenvalue weighted by Crippen LogP contribution is 2.46. The fraction of sp³-hybridized carbons (Fsp3) is 0.310.